The molecule has 11 rings (SSSR count). The van der Waals surface area contributed by atoms with Crippen molar-refractivity contribution in [1.82, 2.24) is 0 Å². The van der Waals surface area contributed by atoms with Crippen LogP contribution in [0.15, 0.2) is 206 Å². The quantitative estimate of drug-likeness (QED) is 0.164. The first-order valence-electron chi connectivity index (χ1n) is 20.4. The standard InChI is InChI=1S/C57H43N/c1-56(2)51-26-13-12-23-48(51)49-34-32-43(36-53(49)56)58(42-30-28-40(29-31-42)46-24-14-19-38-18-10-11-22-45(38)46)44-33-35-50-54(37-44)57(3,41-20-8-5-9-21-41)52-27-15-25-47(55(50)52)39-16-6-4-7-17-39/h4-37H,1-3H3. The SMILES string of the molecule is CC1(C)c2ccccc2-c2ccc(N(c3ccc(-c4cccc5ccccc45)cc3)c3ccc4c(c3)C(C)(c3ccccc3)c3cccc(-c5ccccc5)c3-4)cc21. The van der Waals surface area contributed by atoms with Gasteiger partial charge in [0.1, 0.15) is 0 Å². The number of anilines is 3. The lowest BCUT2D eigenvalue weighted by atomic mass is 9.74. The molecule has 1 heteroatoms. The van der Waals surface area contributed by atoms with Crippen molar-refractivity contribution in [2.75, 3.05) is 4.90 Å². The molecule has 0 radical (unpaired) electrons. The van der Waals surface area contributed by atoms with Gasteiger partial charge >= 0.3 is 0 Å². The molecule has 58 heavy (non-hydrogen) atoms. The van der Waals surface area contributed by atoms with Gasteiger partial charge in [-0.25, -0.2) is 0 Å². The van der Waals surface area contributed by atoms with E-state index < -0.39 is 0 Å². The van der Waals surface area contributed by atoms with Gasteiger partial charge in [0.15, 0.2) is 0 Å². The van der Waals surface area contributed by atoms with Crippen LogP contribution in [0.5, 0.6) is 0 Å². The average molecular weight is 742 g/mol. The first kappa shape index (κ1) is 34.3. The maximum Gasteiger partial charge on any atom is 0.0465 e. The van der Waals surface area contributed by atoms with Crippen LogP contribution in [-0.4, -0.2) is 0 Å². The Morgan fingerprint density at radius 1 is 0.345 bits per heavy atom. The average Bonchev–Trinajstić information content (AvgIpc) is 3.68. The second-order valence-electron chi connectivity index (χ2n) is 16.6. The van der Waals surface area contributed by atoms with Crippen LogP contribution in [0.4, 0.5) is 17.1 Å². The molecule has 0 bridgehead atoms. The minimum Gasteiger partial charge on any atom is -0.310 e. The summed E-state index contributed by atoms with van der Waals surface area (Å²) >= 11 is 0. The summed E-state index contributed by atoms with van der Waals surface area (Å²) in [5.41, 5.74) is 19.9. The molecule has 0 aliphatic heterocycles. The summed E-state index contributed by atoms with van der Waals surface area (Å²) in [7, 11) is 0. The van der Waals surface area contributed by atoms with Gasteiger partial charge < -0.3 is 4.90 Å². The van der Waals surface area contributed by atoms with Crippen molar-refractivity contribution >= 4 is 27.8 Å². The Morgan fingerprint density at radius 2 is 0.879 bits per heavy atom. The molecule has 0 saturated carbocycles. The highest BCUT2D eigenvalue weighted by atomic mass is 15.1. The number of hydrogen-bond donors (Lipinski definition) is 0. The third-order valence-corrected chi connectivity index (χ3v) is 13.2. The van der Waals surface area contributed by atoms with Gasteiger partial charge in [0.05, 0.1) is 0 Å². The van der Waals surface area contributed by atoms with Gasteiger partial charge in [-0.15, -0.1) is 0 Å². The maximum absolute atomic E-state index is 2.48. The molecule has 9 aromatic rings. The zero-order valence-corrected chi connectivity index (χ0v) is 33.1. The molecule has 276 valence electrons. The fourth-order valence-electron chi connectivity index (χ4n) is 10.2. The van der Waals surface area contributed by atoms with Crippen LogP contribution >= 0.6 is 0 Å². The molecule has 0 N–H and O–H groups in total. The Morgan fingerprint density at radius 3 is 1.67 bits per heavy atom. The summed E-state index contributed by atoms with van der Waals surface area (Å²) in [6.07, 6.45) is 0. The molecule has 2 aliphatic carbocycles. The number of benzene rings is 9. The van der Waals surface area contributed by atoms with Crippen LogP contribution < -0.4 is 4.90 Å². The van der Waals surface area contributed by atoms with Crippen LogP contribution in [0, 0.1) is 0 Å². The van der Waals surface area contributed by atoms with Gasteiger partial charge in [-0.1, -0.05) is 184 Å². The fraction of sp³-hybridized carbons (Fsp3) is 0.0877. The topological polar surface area (TPSA) is 3.24 Å². The van der Waals surface area contributed by atoms with Crippen LogP contribution in [0.2, 0.25) is 0 Å². The van der Waals surface area contributed by atoms with E-state index in [-0.39, 0.29) is 10.8 Å². The lowest BCUT2D eigenvalue weighted by Crippen LogP contribution is -2.23. The van der Waals surface area contributed by atoms with Gasteiger partial charge in [-0.05, 0) is 126 Å². The zero-order chi connectivity index (χ0) is 39.0. The molecule has 0 heterocycles. The summed E-state index contributed by atoms with van der Waals surface area (Å²) in [4.78, 5) is 2.47. The van der Waals surface area contributed by atoms with E-state index in [9.17, 15) is 0 Å². The summed E-state index contributed by atoms with van der Waals surface area (Å²) in [5.74, 6) is 0. The Bertz CT molecular complexity index is 3020. The monoisotopic (exact) mass is 741 g/mol. The molecule has 0 spiro atoms. The minimum atomic E-state index is -0.363. The molecule has 0 amide bonds. The molecule has 0 fully saturated rings. The molecule has 0 saturated heterocycles. The van der Waals surface area contributed by atoms with Crippen molar-refractivity contribution in [3.05, 3.63) is 234 Å². The summed E-state index contributed by atoms with van der Waals surface area (Å²) in [5, 5.41) is 2.52. The van der Waals surface area contributed by atoms with Gasteiger partial charge in [0, 0.05) is 27.9 Å². The van der Waals surface area contributed by atoms with Crippen molar-refractivity contribution in [2.24, 2.45) is 0 Å². The Hall–Kier alpha value is -6.96. The molecule has 1 unspecified atom stereocenters. The van der Waals surface area contributed by atoms with Crippen molar-refractivity contribution < 1.29 is 0 Å². The molecule has 1 nitrogen and oxygen atoms in total. The van der Waals surface area contributed by atoms with Gasteiger partial charge in [0.2, 0.25) is 0 Å². The van der Waals surface area contributed by atoms with E-state index in [1.54, 1.807) is 0 Å². The molecule has 2 aliphatic rings. The zero-order valence-electron chi connectivity index (χ0n) is 33.1. The Balaban J connectivity index is 1.12. The van der Waals surface area contributed by atoms with Crippen molar-refractivity contribution in [3.63, 3.8) is 0 Å². The highest BCUT2D eigenvalue weighted by molar-refractivity contribution is 5.98. The maximum atomic E-state index is 2.48. The molecular formula is C57H43N. The first-order chi connectivity index (χ1) is 28.4. The molecule has 0 aromatic heterocycles. The van der Waals surface area contributed by atoms with Crippen LogP contribution in [-0.2, 0) is 10.8 Å². The van der Waals surface area contributed by atoms with Crippen LogP contribution in [0.1, 0.15) is 48.6 Å². The van der Waals surface area contributed by atoms with Crippen molar-refractivity contribution in [1.29, 1.82) is 0 Å². The van der Waals surface area contributed by atoms with E-state index in [0.717, 1.165) is 17.1 Å². The lowest BCUT2D eigenvalue weighted by Gasteiger charge is -2.31. The number of fused-ring (bicyclic) bond motifs is 7. The van der Waals surface area contributed by atoms with Gasteiger partial charge in [0.25, 0.3) is 0 Å². The van der Waals surface area contributed by atoms with Crippen LogP contribution in [0.3, 0.4) is 0 Å². The van der Waals surface area contributed by atoms with E-state index in [1.165, 1.54) is 83.1 Å². The first-order valence-corrected chi connectivity index (χ1v) is 20.4. The molecular weight excluding hydrogens is 699 g/mol. The Labute approximate surface area is 341 Å². The Kier molecular flexibility index (Phi) is 7.72. The predicted octanol–water partition coefficient (Wildman–Crippen LogP) is 15.3. The molecule has 9 aromatic carbocycles. The number of nitrogens with zero attached hydrogens (tertiary/aromatic N) is 1. The summed E-state index contributed by atoms with van der Waals surface area (Å²) in [6, 6.07) is 76.5. The van der Waals surface area contributed by atoms with Crippen LogP contribution in [0.25, 0.3) is 55.3 Å². The second-order valence-corrected chi connectivity index (χ2v) is 16.6. The normalized spacial score (nSPS) is 15.7. The number of hydrogen-bond acceptors (Lipinski definition) is 1. The van der Waals surface area contributed by atoms with E-state index in [1.807, 2.05) is 0 Å². The third-order valence-electron chi connectivity index (χ3n) is 13.2. The number of rotatable bonds is 6. The van der Waals surface area contributed by atoms with E-state index >= 15 is 0 Å². The second kappa shape index (κ2) is 13.0. The highest BCUT2D eigenvalue weighted by Gasteiger charge is 2.42. The minimum absolute atomic E-state index is 0.120. The van der Waals surface area contributed by atoms with E-state index in [0.29, 0.717) is 0 Å². The predicted molar refractivity (Wildman–Crippen MR) is 245 cm³/mol. The summed E-state index contributed by atoms with van der Waals surface area (Å²) < 4.78 is 0. The van der Waals surface area contributed by atoms with Gasteiger partial charge in [-0.2, -0.15) is 0 Å². The van der Waals surface area contributed by atoms with Crippen molar-refractivity contribution in [3.8, 4) is 44.5 Å². The van der Waals surface area contributed by atoms with E-state index in [4.69, 9.17) is 0 Å². The molecule has 1 atom stereocenters. The third kappa shape index (κ3) is 5.10. The highest BCUT2D eigenvalue weighted by Crippen LogP contribution is 2.57. The largest absolute Gasteiger partial charge is 0.310 e. The smallest absolute Gasteiger partial charge is 0.0465 e. The van der Waals surface area contributed by atoms with E-state index in [2.05, 4.69) is 232 Å². The lowest BCUT2D eigenvalue weighted by molar-refractivity contribution is 0.660. The van der Waals surface area contributed by atoms with Crippen molar-refractivity contribution in [2.45, 2.75) is 31.6 Å². The summed E-state index contributed by atoms with van der Waals surface area (Å²) in [6.45, 7) is 7.16. The fourth-order valence-corrected chi connectivity index (χ4v) is 10.2. The van der Waals surface area contributed by atoms with Gasteiger partial charge in [-0.3, -0.25) is 0 Å².